The van der Waals surface area contributed by atoms with Gasteiger partial charge in [0, 0.05) is 5.39 Å². The summed E-state index contributed by atoms with van der Waals surface area (Å²) in [5.41, 5.74) is 1.70. The van der Waals surface area contributed by atoms with Gasteiger partial charge in [0.1, 0.15) is 18.0 Å². The normalized spacial score (nSPS) is 10.8. The van der Waals surface area contributed by atoms with Crippen molar-refractivity contribution in [2.45, 2.75) is 13.5 Å². The predicted molar refractivity (Wildman–Crippen MR) is 92.0 cm³/mol. The number of rotatable bonds is 3. The van der Waals surface area contributed by atoms with Crippen LogP contribution in [-0.2, 0) is 11.3 Å². The summed E-state index contributed by atoms with van der Waals surface area (Å²) in [7, 11) is 0. The molecule has 0 fully saturated rings. The highest BCUT2D eigenvalue weighted by Crippen LogP contribution is 2.28. The number of halogens is 3. The molecule has 0 bridgehead atoms. The monoisotopic (exact) mass is 363 g/mol. The van der Waals surface area contributed by atoms with Gasteiger partial charge in [0.25, 0.3) is 0 Å². The molecule has 0 radical (unpaired) electrons. The smallest absolute Gasteiger partial charge is 0.343 e. The van der Waals surface area contributed by atoms with Gasteiger partial charge in [0.15, 0.2) is 0 Å². The fourth-order valence-electron chi connectivity index (χ4n) is 2.41. The molecule has 2 aromatic carbocycles. The maximum Gasteiger partial charge on any atom is 0.343 e. The van der Waals surface area contributed by atoms with Crippen LogP contribution in [0.2, 0.25) is 10.0 Å². The quantitative estimate of drug-likeness (QED) is 0.589. The molecule has 1 heterocycles. The number of hydrogen-bond acceptors (Lipinski definition) is 3. The van der Waals surface area contributed by atoms with Crippen LogP contribution >= 0.6 is 23.2 Å². The van der Waals surface area contributed by atoms with E-state index < -0.39 is 11.8 Å². The molecular weight excluding hydrogens is 352 g/mol. The van der Waals surface area contributed by atoms with Gasteiger partial charge in [0.2, 0.25) is 0 Å². The summed E-state index contributed by atoms with van der Waals surface area (Å²) in [6.45, 7) is 1.69. The predicted octanol–water partition coefficient (Wildman–Crippen LogP) is 5.35. The number of pyridine rings is 1. The first-order valence-corrected chi connectivity index (χ1v) is 7.89. The van der Waals surface area contributed by atoms with E-state index in [2.05, 4.69) is 4.98 Å². The van der Waals surface area contributed by atoms with Gasteiger partial charge in [-0.1, -0.05) is 47.5 Å². The molecule has 0 aliphatic rings. The maximum atomic E-state index is 13.8. The van der Waals surface area contributed by atoms with Gasteiger partial charge in [-0.15, -0.1) is 0 Å². The zero-order valence-electron chi connectivity index (χ0n) is 12.6. The van der Waals surface area contributed by atoms with Crippen molar-refractivity contribution in [2.24, 2.45) is 0 Å². The summed E-state index contributed by atoms with van der Waals surface area (Å²) < 4.78 is 18.9. The number of ether oxygens (including phenoxy) is 1. The second-order valence-electron chi connectivity index (χ2n) is 5.19. The van der Waals surface area contributed by atoms with Crippen molar-refractivity contribution in [3.8, 4) is 0 Å². The van der Waals surface area contributed by atoms with Gasteiger partial charge in [-0.05, 0) is 30.7 Å². The van der Waals surface area contributed by atoms with Gasteiger partial charge >= 0.3 is 5.97 Å². The lowest BCUT2D eigenvalue weighted by atomic mass is 10.1. The van der Waals surface area contributed by atoms with Crippen LogP contribution in [0.25, 0.3) is 10.9 Å². The number of nitrogens with zero attached hydrogens (tertiary/aromatic N) is 1. The molecule has 122 valence electrons. The molecule has 6 heteroatoms. The van der Waals surface area contributed by atoms with E-state index in [0.29, 0.717) is 10.7 Å². The van der Waals surface area contributed by atoms with E-state index in [0.717, 1.165) is 22.5 Å². The third-order valence-corrected chi connectivity index (χ3v) is 4.47. The van der Waals surface area contributed by atoms with Crippen LogP contribution in [0, 0.1) is 12.7 Å². The molecular formula is C18H12Cl2FNO2. The van der Waals surface area contributed by atoms with E-state index in [4.69, 9.17) is 27.9 Å². The molecule has 0 unspecified atom stereocenters. The van der Waals surface area contributed by atoms with E-state index in [9.17, 15) is 9.18 Å². The lowest BCUT2D eigenvalue weighted by Crippen LogP contribution is -2.10. The minimum Gasteiger partial charge on any atom is -0.455 e. The average molecular weight is 364 g/mol. The summed E-state index contributed by atoms with van der Waals surface area (Å²) in [6, 6.07) is 11.5. The Kier molecular flexibility index (Phi) is 4.69. The van der Waals surface area contributed by atoms with Crippen molar-refractivity contribution < 1.29 is 13.9 Å². The molecule has 3 nitrogen and oxygen atoms in total. The van der Waals surface area contributed by atoms with Gasteiger partial charge in [0.05, 0.1) is 21.3 Å². The summed E-state index contributed by atoms with van der Waals surface area (Å²) in [6.07, 6.45) is 0. The molecule has 3 rings (SSSR count). The summed E-state index contributed by atoms with van der Waals surface area (Å²) in [4.78, 5) is 16.5. The number of carbonyl (C=O) groups is 1. The third kappa shape index (κ3) is 3.07. The fraction of sp³-hybridized carbons (Fsp3) is 0.111. The second kappa shape index (κ2) is 6.75. The van der Waals surface area contributed by atoms with Crippen molar-refractivity contribution >= 4 is 40.1 Å². The molecule has 24 heavy (non-hydrogen) atoms. The Morgan fingerprint density at radius 2 is 1.92 bits per heavy atom. The molecule has 0 atom stereocenters. The van der Waals surface area contributed by atoms with Crippen molar-refractivity contribution in [2.75, 3.05) is 0 Å². The molecule has 0 saturated carbocycles. The minimum atomic E-state index is -0.859. The van der Waals surface area contributed by atoms with Crippen LogP contribution in [0.15, 0.2) is 42.5 Å². The topological polar surface area (TPSA) is 39.2 Å². The first-order valence-electron chi connectivity index (χ1n) is 7.14. The number of hydrogen-bond donors (Lipinski definition) is 0. The molecule has 0 aliphatic heterocycles. The Morgan fingerprint density at radius 1 is 1.17 bits per heavy atom. The summed E-state index contributed by atoms with van der Waals surface area (Å²) in [5, 5.41) is 1.34. The number of para-hydroxylation sites is 1. The minimum absolute atomic E-state index is 0.00579. The maximum absolute atomic E-state index is 13.8. The van der Waals surface area contributed by atoms with Crippen LogP contribution in [0.4, 0.5) is 4.39 Å². The number of carbonyl (C=O) groups excluding carboxylic acids is 1. The van der Waals surface area contributed by atoms with Crippen molar-refractivity contribution in [3.05, 3.63) is 75.1 Å². The molecule has 0 amide bonds. The Hall–Kier alpha value is -2.17. The zero-order chi connectivity index (χ0) is 17.3. The zero-order valence-corrected chi connectivity index (χ0v) is 14.2. The molecule has 1 aromatic heterocycles. The number of aryl methyl sites for hydroxylation is 1. The fourth-order valence-corrected chi connectivity index (χ4v) is 2.85. The standard InChI is InChI=1S/C18H12Cl2FNO2/c1-10-11-5-2-3-8-14(11)22-15(17(10)20)9-24-18(23)16-12(19)6-4-7-13(16)21/h2-8H,9H2,1H3. The van der Waals surface area contributed by atoms with Crippen LogP contribution in [-0.4, -0.2) is 11.0 Å². The highest BCUT2D eigenvalue weighted by molar-refractivity contribution is 6.33. The van der Waals surface area contributed by atoms with Gasteiger partial charge in [-0.2, -0.15) is 0 Å². The van der Waals surface area contributed by atoms with Crippen LogP contribution in [0.1, 0.15) is 21.6 Å². The Balaban J connectivity index is 1.88. The number of esters is 1. The van der Waals surface area contributed by atoms with E-state index in [1.165, 1.54) is 12.1 Å². The highest BCUT2D eigenvalue weighted by atomic mass is 35.5. The first-order chi connectivity index (χ1) is 11.5. The largest absolute Gasteiger partial charge is 0.455 e. The molecule has 0 spiro atoms. The Labute approximate surface area is 148 Å². The summed E-state index contributed by atoms with van der Waals surface area (Å²) >= 11 is 12.2. The van der Waals surface area contributed by atoms with E-state index in [-0.39, 0.29) is 17.2 Å². The number of aromatic nitrogens is 1. The van der Waals surface area contributed by atoms with Gasteiger partial charge in [-0.25, -0.2) is 14.2 Å². The lowest BCUT2D eigenvalue weighted by Gasteiger charge is -2.11. The molecule has 0 saturated heterocycles. The third-order valence-electron chi connectivity index (χ3n) is 3.65. The lowest BCUT2D eigenvalue weighted by molar-refractivity contribution is 0.0463. The Morgan fingerprint density at radius 3 is 2.67 bits per heavy atom. The number of benzene rings is 2. The van der Waals surface area contributed by atoms with Crippen LogP contribution in [0.3, 0.4) is 0 Å². The highest BCUT2D eigenvalue weighted by Gasteiger charge is 2.19. The van der Waals surface area contributed by atoms with E-state index in [1.54, 1.807) is 0 Å². The molecule has 3 aromatic rings. The van der Waals surface area contributed by atoms with E-state index in [1.807, 2.05) is 31.2 Å². The van der Waals surface area contributed by atoms with Crippen molar-refractivity contribution in [1.82, 2.24) is 4.98 Å². The molecule has 0 N–H and O–H groups in total. The van der Waals surface area contributed by atoms with Gasteiger partial charge in [-0.3, -0.25) is 0 Å². The van der Waals surface area contributed by atoms with Crippen molar-refractivity contribution in [3.63, 3.8) is 0 Å². The van der Waals surface area contributed by atoms with Crippen LogP contribution < -0.4 is 0 Å². The average Bonchev–Trinajstić information content (AvgIpc) is 2.56. The van der Waals surface area contributed by atoms with Crippen molar-refractivity contribution in [1.29, 1.82) is 0 Å². The molecule has 0 aliphatic carbocycles. The van der Waals surface area contributed by atoms with E-state index >= 15 is 0 Å². The first kappa shape index (κ1) is 16.7. The number of fused-ring (bicyclic) bond motifs is 1. The Bertz CT molecular complexity index is 923. The van der Waals surface area contributed by atoms with Gasteiger partial charge < -0.3 is 4.74 Å². The SMILES string of the molecule is Cc1c(Cl)c(COC(=O)c2c(F)cccc2Cl)nc2ccccc12. The second-order valence-corrected chi connectivity index (χ2v) is 5.97. The summed E-state index contributed by atoms with van der Waals surface area (Å²) in [5.74, 6) is -1.59. The van der Waals surface area contributed by atoms with Crippen LogP contribution in [0.5, 0.6) is 0 Å².